The fraction of sp³-hybridized carbons (Fsp3) is 0.167. The monoisotopic (exact) mass is 350 g/mol. The molecule has 0 radical (unpaired) electrons. The number of Topliss-reactive ketones (excluding diaryl/α,β-unsaturated/α-hetero) is 1. The van der Waals surface area contributed by atoms with Crippen molar-refractivity contribution >= 4 is 23.6 Å². The molecule has 24 heavy (non-hydrogen) atoms. The lowest BCUT2D eigenvalue weighted by atomic mass is 10.1. The van der Waals surface area contributed by atoms with E-state index in [-0.39, 0.29) is 22.4 Å². The molecule has 0 unspecified atom stereocenters. The van der Waals surface area contributed by atoms with Crippen LogP contribution in [0.2, 0.25) is 0 Å². The number of methoxy groups -OCH3 is 1. The van der Waals surface area contributed by atoms with Crippen molar-refractivity contribution in [2.75, 3.05) is 7.11 Å². The molecule has 0 spiro atoms. The molecule has 0 saturated heterocycles. The van der Waals surface area contributed by atoms with Crippen molar-refractivity contribution in [2.45, 2.75) is 16.8 Å². The van der Waals surface area contributed by atoms with Gasteiger partial charge in [0.15, 0.2) is 5.78 Å². The van der Waals surface area contributed by atoms with Crippen LogP contribution in [0.3, 0.4) is 0 Å². The summed E-state index contributed by atoms with van der Waals surface area (Å²) in [5.74, 6) is 0.637. The number of allylic oxidation sites excluding steroid dienone is 1. The van der Waals surface area contributed by atoms with E-state index in [0.29, 0.717) is 28.9 Å². The van der Waals surface area contributed by atoms with E-state index in [1.807, 2.05) is 6.07 Å². The molecule has 0 aliphatic heterocycles. The molecular formula is C18H13F3O2S. The molecule has 1 aliphatic rings. The van der Waals surface area contributed by atoms with Crippen LogP contribution in [0.5, 0.6) is 5.75 Å². The van der Waals surface area contributed by atoms with Crippen molar-refractivity contribution in [3.63, 3.8) is 0 Å². The minimum Gasteiger partial charge on any atom is -0.497 e. The summed E-state index contributed by atoms with van der Waals surface area (Å²) in [5, 5.41) is 0. The molecule has 0 saturated carbocycles. The molecule has 2 aromatic rings. The van der Waals surface area contributed by atoms with E-state index >= 15 is 0 Å². The molecule has 1 aliphatic carbocycles. The lowest BCUT2D eigenvalue weighted by molar-refractivity contribution is -0.0328. The van der Waals surface area contributed by atoms with E-state index in [1.54, 1.807) is 37.5 Å². The number of benzene rings is 2. The maximum Gasteiger partial charge on any atom is 0.446 e. The third-order valence-corrected chi connectivity index (χ3v) is 4.42. The van der Waals surface area contributed by atoms with Gasteiger partial charge in [-0.2, -0.15) is 13.2 Å². The van der Waals surface area contributed by atoms with Crippen molar-refractivity contribution in [1.82, 2.24) is 0 Å². The Hall–Kier alpha value is -2.21. The van der Waals surface area contributed by atoms with Gasteiger partial charge < -0.3 is 4.74 Å². The quantitative estimate of drug-likeness (QED) is 0.567. The zero-order chi connectivity index (χ0) is 17.3. The first-order chi connectivity index (χ1) is 11.4. The number of alkyl halides is 3. The standard InChI is InChI=1S/C18H13F3O2S/c1-23-14-4-7-16-12(10-14)9-13(17(16)22)8-11-2-5-15(6-3-11)24-18(19,20)21/h2-8,10H,9H2,1H3. The van der Waals surface area contributed by atoms with Crippen molar-refractivity contribution < 1.29 is 22.7 Å². The molecule has 0 fully saturated rings. The molecule has 6 heteroatoms. The molecule has 0 bridgehead atoms. The number of hydrogen-bond donors (Lipinski definition) is 0. The third kappa shape index (κ3) is 3.64. The second-order valence-electron chi connectivity index (χ2n) is 5.32. The Balaban J connectivity index is 1.81. The first-order valence-corrected chi connectivity index (χ1v) is 7.95. The number of carbonyl (C=O) groups is 1. The van der Waals surface area contributed by atoms with Crippen LogP contribution in [-0.2, 0) is 6.42 Å². The number of thioether (sulfide) groups is 1. The van der Waals surface area contributed by atoms with Gasteiger partial charge in [-0.1, -0.05) is 12.1 Å². The van der Waals surface area contributed by atoms with Gasteiger partial charge in [0, 0.05) is 22.5 Å². The fourth-order valence-corrected chi connectivity index (χ4v) is 3.15. The van der Waals surface area contributed by atoms with Crippen LogP contribution in [0, 0.1) is 0 Å². The Morgan fingerprint density at radius 2 is 1.83 bits per heavy atom. The maximum atomic E-state index is 12.4. The Morgan fingerprint density at radius 1 is 1.12 bits per heavy atom. The van der Waals surface area contributed by atoms with Crippen LogP contribution in [0.1, 0.15) is 21.5 Å². The zero-order valence-electron chi connectivity index (χ0n) is 12.7. The van der Waals surface area contributed by atoms with Gasteiger partial charge in [0.05, 0.1) is 7.11 Å². The van der Waals surface area contributed by atoms with Crippen molar-refractivity contribution in [3.8, 4) is 5.75 Å². The molecule has 124 valence electrons. The van der Waals surface area contributed by atoms with Crippen LogP contribution in [0.25, 0.3) is 6.08 Å². The smallest absolute Gasteiger partial charge is 0.446 e. The largest absolute Gasteiger partial charge is 0.497 e. The number of fused-ring (bicyclic) bond motifs is 1. The highest BCUT2D eigenvalue weighted by Gasteiger charge is 2.29. The second-order valence-corrected chi connectivity index (χ2v) is 6.45. The summed E-state index contributed by atoms with van der Waals surface area (Å²) in [5.41, 5.74) is -1.44. The SMILES string of the molecule is COc1ccc2c(c1)CC(=Cc1ccc(SC(F)(F)F)cc1)C2=O. The second kappa shape index (κ2) is 6.36. The number of halogens is 3. The zero-order valence-corrected chi connectivity index (χ0v) is 13.5. The van der Waals surface area contributed by atoms with E-state index in [4.69, 9.17) is 4.74 Å². The van der Waals surface area contributed by atoms with Gasteiger partial charge in [0.25, 0.3) is 0 Å². The van der Waals surface area contributed by atoms with E-state index in [2.05, 4.69) is 0 Å². The van der Waals surface area contributed by atoms with Crippen molar-refractivity contribution in [1.29, 1.82) is 0 Å². The van der Waals surface area contributed by atoms with Crippen LogP contribution in [0.4, 0.5) is 13.2 Å². The molecule has 0 atom stereocenters. The van der Waals surface area contributed by atoms with Crippen LogP contribution in [-0.4, -0.2) is 18.4 Å². The topological polar surface area (TPSA) is 26.3 Å². The van der Waals surface area contributed by atoms with E-state index in [0.717, 1.165) is 5.56 Å². The van der Waals surface area contributed by atoms with Gasteiger partial charge >= 0.3 is 5.51 Å². The summed E-state index contributed by atoms with van der Waals surface area (Å²) in [6.07, 6.45) is 2.21. The van der Waals surface area contributed by atoms with E-state index < -0.39 is 5.51 Å². The van der Waals surface area contributed by atoms with Crippen LogP contribution < -0.4 is 4.74 Å². The van der Waals surface area contributed by atoms with Crippen LogP contribution >= 0.6 is 11.8 Å². The number of carbonyl (C=O) groups excluding carboxylic acids is 1. The van der Waals surface area contributed by atoms with Crippen LogP contribution in [0.15, 0.2) is 52.9 Å². The Kier molecular flexibility index (Phi) is 4.41. The number of hydrogen-bond acceptors (Lipinski definition) is 3. The molecule has 0 heterocycles. The number of ether oxygens (including phenoxy) is 1. The van der Waals surface area contributed by atoms with Gasteiger partial charge in [0.1, 0.15) is 5.75 Å². The molecule has 3 rings (SSSR count). The Bertz CT molecular complexity index is 808. The maximum absolute atomic E-state index is 12.4. The van der Waals surface area contributed by atoms with Crippen molar-refractivity contribution in [3.05, 3.63) is 64.7 Å². The molecular weight excluding hydrogens is 337 g/mol. The van der Waals surface area contributed by atoms with Crippen molar-refractivity contribution in [2.24, 2.45) is 0 Å². The van der Waals surface area contributed by atoms with Gasteiger partial charge in [0.2, 0.25) is 0 Å². The molecule has 0 amide bonds. The highest BCUT2D eigenvalue weighted by molar-refractivity contribution is 8.00. The molecule has 2 nitrogen and oxygen atoms in total. The summed E-state index contributed by atoms with van der Waals surface area (Å²) >= 11 is -0.155. The summed E-state index contributed by atoms with van der Waals surface area (Å²) in [6.45, 7) is 0. The van der Waals surface area contributed by atoms with Gasteiger partial charge in [-0.3, -0.25) is 4.79 Å². The molecule has 2 aromatic carbocycles. The normalized spacial score (nSPS) is 15.7. The van der Waals surface area contributed by atoms with E-state index in [1.165, 1.54) is 12.1 Å². The highest BCUT2D eigenvalue weighted by atomic mass is 32.2. The molecule has 0 aromatic heterocycles. The van der Waals surface area contributed by atoms with Gasteiger partial charge in [-0.25, -0.2) is 0 Å². The fourth-order valence-electron chi connectivity index (χ4n) is 2.61. The average Bonchev–Trinajstić information content (AvgIpc) is 2.83. The van der Waals surface area contributed by atoms with Gasteiger partial charge in [-0.05, 0) is 59.3 Å². The highest BCUT2D eigenvalue weighted by Crippen LogP contribution is 2.37. The number of ketones is 1. The summed E-state index contributed by atoms with van der Waals surface area (Å²) in [6, 6.07) is 11.3. The predicted molar refractivity (Wildman–Crippen MR) is 87.4 cm³/mol. The lowest BCUT2D eigenvalue weighted by Crippen LogP contribution is -1.98. The first kappa shape index (κ1) is 16.6. The summed E-state index contributed by atoms with van der Waals surface area (Å²) < 4.78 is 42.1. The first-order valence-electron chi connectivity index (χ1n) is 7.14. The average molecular weight is 350 g/mol. The Labute approximate surface area is 141 Å². The summed E-state index contributed by atoms with van der Waals surface area (Å²) in [7, 11) is 1.57. The lowest BCUT2D eigenvalue weighted by Gasteiger charge is -2.05. The molecule has 0 N–H and O–H groups in total. The Morgan fingerprint density at radius 3 is 2.46 bits per heavy atom. The third-order valence-electron chi connectivity index (χ3n) is 3.68. The van der Waals surface area contributed by atoms with E-state index in [9.17, 15) is 18.0 Å². The number of rotatable bonds is 3. The predicted octanol–water partition coefficient (Wildman–Crippen LogP) is 5.13. The summed E-state index contributed by atoms with van der Waals surface area (Å²) in [4.78, 5) is 12.5. The van der Waals surface area contributed by atoms with Gasteiger partial charge in [-0.15, -0.1) is 0 Å². The minimum atomic E-state index is -4.30. The minimum absolute atomic E-state index is 0.0543.